The molecule has 1 saturated heterocycles. The first-order valence-electron chi connectivity index (χ1n) is 13.2. The Kier molecular flexibility index (Phi) is 6.40. The van der Waals surface area contributed by atoms with Crippen molar-refractivity contribution in [3.8, 4) is 0 Å². The molecule has 0 radical (unpaired) electrons. The fourth-order valence-corrected chi connectivity index (χ4v) is 7.66. The summed E-state index contributed by atoms with van der Waals surface area (Å²) in [6, 6.07) is 8.08. The minimum atomic E-state index is -2.07. The van der Waals surface area contributed by atoms with Crippen LogP contribution < -0.4 is 0 Å². The van der Waals surface area contributed by atoms with Crippen LogP contribution in [0.2, 0.25) is 0 Å². The molecule has 39 heavy (non-hydrogen) atoms. The van der Waals surface area contributed by atoms with Gasteiger partial charge in [-0.15, -0.1) is 0 Å². The molecule has 5 rings (SSSR count). The van der Waals surface area contributed by atoms with Crippen molar-refractivity contribution < 1.29 is 49.0 Å². The molecular formula is C29H36O10. The van der Waals surface area contributed by atoms with Crippen molar-refractivity contribution >= 4 is 17.7 Å². The van der Waals surface area contributed by atoms with Gasteiger partial charge in [-0.2, -0.15) is 0 Å². The van der Waals surface area contributed by atoms with Crippen molar-refractivity contribution in [2.24, 2.45) is 16.7 Å². The minimum absolute atomic E-state index is 0.0828. The fraction of sp³-hybridized carbons (Fsp3) is 0.621. The van der Waals surface area contributed by atoms with Gasteiger partial charge >= 0.3 is 11.9 Å². The maximum Gasteiger partial charge on any atom is 0.338 e. The van der Waals surface area contributed by atoms with Gasteiger partial charge in [0.1, 0.15) is 23.9 Å². The fourth-order valence-electron chi connectivity index (χ4n) is 7.66. The molecule has 0 aromatic heterocycles. The monoisotopic (exact) mass is 544 g/mol. The Hall–Kier alpha value is -2.63. The number of Topliss-reactive ketones (excluding diaryl/α,β-unsaturated/α-hetero) is 1. The second-order valence-electron chi connectivity index (χ2n) is 12.2. The molecule has 2 saturated carbocycles. The number of carbonyl (C=O) groups excluding carboxylic acids is 3. The van der Waals surface area contributed by atoms with E-state index in [0.717, 1.165) is 0 Å². The number of hydrogen-bond donors (Lipinski definition) is 4. The van der Waals surface area contributed by atoms with E-state index in [0.29, 0.717) is 5.57 Å². The number of rotatable bonds is 3. The first kappa shape index (κ1) is 27.9. The Morgan fingerprint density at radius 3 is 2.28 bits per heavy atom. The van der Waals surface area contributed by atoms with Crippen LogP contribution in [0.3, 0.4) is 0 Å². The number of carbonyl (C=O) groups is 3. The highest BCUT2D eigenvalue weighted by Crippen LogP contribution is 2.63. The third-order valence-electron chi connectivity index (χ3n) is 9.95. The average molecular weight is 545 g/mol. The van der Waals surface area contributed by atoms with E-state index < -0.39 is 76.2 Å². The summed E-state index contributed by atoms with van der Waals surface area (Å²) in [6.07, 6.45) is -7.26. The lowest BCUT2D eigenvalue weighted by Gasteiger charge is -2.67. The molecule has 10 heteroatoms. The number of hydrogen-bond acceptors (Lipinski definition) is 10. The molecule has 4 aliphatic rings. The van der Waals surface area contributed by atoms with Crippen LogP contribution in [0.4, 0.5) is 0 Å². The van der Waals surface area contributed by atoms with E-state index in [-0.39, 0.29) is 30.6 Å². The van der Waals surface area contributed by atoms with E-state index in [4.69, 9.17) is 14.2 Å². The summed E-state index contributed by atoms with van der Waals surface area (Å²) in [7, 11) is 0. The number of fused-ring (bicyclic) bond motifs is 5. The molecule has 212 valence electrons. The number of aliphatic hydroxyl groups is 4. The average Bonchev–Trinajstić information content (AvgIpc) is 2.87. The summed E-state index contributed by atoms with van der Waals surface area (Å²) in [6.45, 7) is 7.29. The number of ketones is 1. The van der Waals surface area contributed by atoms with Gasteiger partial charge in [-0.25, -0.2) is 4.79 Å². The zero-order chi connectivity index (χ0) is 28.7. The van der Waals surface area contributed by atoms with E-state index >= 15 is 0 Å². The molecule has 1 aromatic rings. The molecular weight excluding hydrogens is 508 g/mol. The van der Waals surface area contributed by atoms with Crippen molar-refractivity contribution in [2.75, 3.05) is 6.61 Å². The summed E-state index contributed by atoms with van der Waals surface area (Å²) in [5.74, 6) is -3.60. The number of aliphatic hydroxyl groups excluding tert-OH is 3. The van der Waals surface area contributed by atoms with Crippen molar-refractivity contribution in [3.63, 3.8) is 0 Å². The van der Waals surface area contributed by atoms with Gasteiger partial charge in [0.05, 0.1) is 35.7 Å². The Labute approximate surface area is 226 Å². The normalized spacial score (nSPS) is 42.7. The van der Waals surface area contributed by atoms with Crippen LogP contribution in [0.5, 0.6) is 0 Å². The van der Waals surface area contributed by atoms with Gasteiger partial charge in [-0.1, -0.05) is 32.0 Å². The standard InChI is InChI=1S/C29H36O10/c1-14-17(31)12-29(36)24(38-25(35)16-9-7-6-8-10-16)22-27(5,23(34)21(33)20(14)26(29,3)4)18(32)11-19-28(22,13-37-19)39-15(2)30/h6-10,17-19,21-22,24,31-33,36H,11-13H2,1-5H3/t17-,18+,19+,21-,22-,24-,27+,28-,29+/m0/s1. The maximum absolute atomic E-state index is 14.3. The van der Waals surface area contributed by atoms with E-state index in [1.807, 2.05) is 0 Å². The van der Waals surface area contributed by atoms with Gasteiger partial charge in [0, 0.05) is 25.2 Å². The quantitative estimate of drug-likeness (QED) is 0.320. The third kappa shape index (κ3) is 3.62. The second-order valence-corrected chi connectivity index (χ2v) is 12.2. The van der Waals surface area contributed by atoms with Crippen LogP contribution in [0.1, 0.15) is 57.8 Å². The lowest BCUT2D eigenvalue weighted by Crippen LogP contribution is -2.81. The first-order valence-corrected chi connectivity index (χ1v) is 13.2. The minimum Gasteiger partial charge on any atom is -0.455 e. The highest BCUT2D eigenvalue weighted by Gasteiger charge is 2.77. The third-order valence-corrected chi connectivity index (χ3v) is 9.95. The number of esters is 2. The van der Waals surface area contributed by atoms with E-state index in [2.05, 4.69) is 0 Å². The van der Waals surface area contributed by atoms with Gasteiger partial charge in [-0.3, -0.25) is 9.59 Å². The van der Waals surface area contributed by atoms with E-state index in [1.54, 1.807) is 39.0 Å². The molecule has 0 amide bonds. The molecule has 2 bridgehead atoms. The van der Waals surface area contributed by atoms with Crippen molar-refractivity contribution in [2.45, 2.75) is 89.2 Å². The Morgan fingerprint density at radius 2 is 1.72 bits per heavy atom. The molecule has 3 fully saturated rings. The van der Waals surface area contributed by atoms with Gasteiger partial charge < -0.3 is 34.6 Å². The van der Waals surface area contributed by atoms with Gasteiger partial charge in [0.2, 0.25) is 0 Å². The van der Waals surface area contributed by atoms with Crippen molar-refractivity contribution in [1.29, 1.82) is 0 Å². The molecule has 4 N–H and O–H groups in total. The van der Waals surface area contributed by atoms with E-state index in [9.17, 15) is 34.8 Å². The zero-order valence-corrected chi connectivity index (χ0v) is 22.7. The summed E-state index contributed by atoms with van der Waals surface area (Å²) >= 11 is 0. The molecule has 3 aliphatic carbocycles. The summed E-state index contributed by atoms with van der Waals surface area (Å²) in [4.78, 5) is 40.3. The lowest BCUT2D eigenvalue weighted by molar-refractivity contribution is -0.345. The van der Waals surface area contributed by atoms with Crippen molar-refractivity contribution in [1.82, 2.24) is 0 Å². The van der Waals surface area contributed by atoms with Gasteiger partial charge in [0.15, 0.2) is 11.4 Å². The molecule has 10 nitrogen and oxygen atoms in total. The summed E-state index contributed by atoms with van der Waals surface area (Å²) in [5.41, 5.74) is -6.24. The summed E-state index contributed by atoms with van der Waals surface area (Å²) < 4.78 is 17.7. The van der Waals surface area contributed by atoms with Crippen LogP contribution >= 0.6 is 0 Å². The Balaban J connectivity index is 1.81. The highest BCUT2D eigenvalue weighted by molar-refractivity contribution is 5.94. The van der Waals surface area contributed by atoms with Gasteiger partial charge in [-0.05, 0) is 37.1 Å². The van der Waals surface area contributed by atoms with Crippen LogP contribution in [0.15, 0.2) is 41.5 Å². The SMILES string of the molecule is CC(=O)O[C@@]12CO[C@@H]1C[C@@H](O)[C@@]1(C)C(=O)[C@@H](O)C3=C(C)[C@@H](O)C[C@@](O)([C@@H](OC(=O)c4ccccc4)[C@H]21)C3(C)C. The predicted molar refractivity (Wildman–Crippen MR) is 135 cm³/mol. The first-order chi connectivity index (χ1) is 18.1. The molecule has 0 unspecified atom stereocenters. The second kappa shape index (κ2) is 8.94. The lowest BCUT2D eigenvalue weighted by atomic mass is 9.44. The molecule has 0 spiro atoms. The Morgan fingerprint density at radius 1 is 1.08 bits per heavy atom. The van der Waals surface area contributed by atoms with Crippen LogP contribution in [-0.2, 0) is 23.8 Å². The molecule has 1 heterocycles. The Bertz CT molecular complexity index is 1240. The zero-order valence-electron chi connectivity index (χ0n) is 22.7. The number of ether oxygens (including phenoxy) is 3. The molecule has 1 aliphatic heterocycles. The van der Waals surface area contributed by atoms with Crippen LogP contribution in [0, 0.1) is 16.7 Å². The molecule has 9 atom stereocenters. The summed E-state index contributed by atoms with van der Waals surface area (Å²) in [5, 5.41) is 46.7. The predicted octanol–water partition coefficient (Wildman–Crippen LogP) is 1.08. The van der Waals surface area contributed by atoms with Crippen LogP contribution in [0.25, 0.3) is 0 Å². The number of benzene rings is 1. The largest absolute Gasteiger partial charge is 0.455 e. The van der Waals surface area contributed by atoms with Crippen LogP contribution in [-0.4, -0.2) is 86.5 Å². The maximum atomic E-state index is 14.3. The molecule has 1 aromatic carbocycles. The van der Waals surface area contributed by atoms with Gasteiger partial charge in [0.25, 0.3) is 0 Å². The van der Waals surface area contributed by atoms with Crippen molar-refractivity contribution in [3.05, 3.63) is 47.0 Å². The topological polar surface area (TPSA) is 160 Å². The smallest absolute Gasteiger partial charge is 0.338 e. The highest BCUT2D eigenvalue weighted by atomic mass is 16.6. The van der Waals surface area contributed by atoms with E-state index in [1.165, 1.54) is 26.0 Å².